The summed E-state index contributed by atoms with van der Waals surface area (Å²) in [5, 5.41) is -0.0694. The van der Waals surface area contributed by atoms with Gasteiger partial charge in [-0.2, -0.15) is 0 Å². The highest BCUT2D eigenvalue weighted by Gasteiger charge is 2.36. The molecule has 0 heterocycles. The van der Waals surface area contributed by atoms with Crippen LogP contribution in [0.3, 0.4) is 0 Å². The van der Waals surface area contributed by atoms with E-state index in [0.717, 1.165) is 0 Å². The first-order valence-corrected chi connectivity index (χ1v) is 9.66. The molecule has 0 spiro atoms. The van der Waals surface area contributed by atoms with Gasteiger partial charge in [0.05, 0.1) is 9.30 Å². The molecule has 1 rings (SSSR count). The Labute approximate surface area is 126 Å². The Bertz CT molecular complexity index is 489. The number of alkyl halides is 1. The molecule has 0 N–H and O–H groups in total. The van der Waals surface area contributed by atoms with E-state index in [-0.39, 0.29) is 5.04 Å². The van der Waals surface area contributed by atoms with Crippen LogP contribution in [0.2, 0.25) is 18.1 Å². The Morgan fingerprint density at radius 1 is 1.18 bits per heavy atom. The molecule has 0 amide bonds. The van der Waals surface area contributed by atoms with Gasteiger partial charge < -0.3 is 4.43 Å². The van der Waals surface area contributed by atoms with Gasteiger partial charge in [-0.25, -0.2) is 0 Å². The molecule has 17 heavy (non-hydrogen) atoms. The molecule has 0 saturated carbocycles. The number of halogens is 1. The zero-order chi connectivity index (χ0) is 16.7. The lowest BCUT2D eigenvalue weighted by molar-refractivity contribution is 0.276. The zero-order valence-electron chi connectivity index (χ0n) is 15.1. The molecule has 1 aromatic carbocycles. The third-order valence-corrected chi connectivity index (χ3v) is 8.07. The van der Waals surface area contributed by atoms with Crippen molar-refractivity contribution in [2.45, 2.75) is 49.8 Å². The van der Waals surface area contributed by atoms with Gasteiger partial charge in [-0.05, 0) is 29.3 Å². The van der Waals surface area contributed by atoms with Crippen molar-refractivity contribution in [1.82, 2.24) is 0 Å². The van der Waals surface area contributed by atoms with E-state index in [2.05, 4.69) is 20.8 Å². The van der Waals surface area contributed by atoms with Gasteiger partial charge in [-0.3, -0.25) is 0 Å². The molecule has 0 aromatic heterocycles. The molecule has 1 aromatic rings. The predicted octanol–water partition coefficient (Wildman–Crippen LogP) is 5.14. The van der Waals surface area contributed by atoms with Gasteiger partial charge in [0.25, 0.3) is 0 Å². The smallest absolute Gasteiger partial charge is 0.192 e. The molecular weight excluding hydrogens is 339 g/mol. The average molecular weight is 366 g/mol. The Kier molecular flexibility index (Phi) is 3.43. The van der Waals surface area contributed by atoms with Crippen LogP contribution in [0.4, 0.5) is 0 Å². The van der Waals surface area contributed by atoms with Crippen LogP contribution in [0.15, 0.2) is 24.3 Å². The van der Waals surface area contributed by atoms with Gasteiger partial charge in [0.2, 0.25) is 0 Å². The lowest BCUT2D eigenvalue weighted by atomic mass is 10.2. The van der Waals surface area contributed by atoms with Crippen LogP contribution in [-0.4, -0.2) is 8.32 Å². The summed E-state index contributed by atoms with van der Waals surface area (Å²) in [5.41, 5.74) is 0.951. The van der Waals surface area contributed by atoms with Crippen molar-refractivity contribution in [3.8, 4) is 0 Å². The third-order valence-electron chi connectivity index (χ3n) is 3.22. The molecule has 0 aliphatic heterocycles. The average Bonchev–Trinajstić information content (AvgIpc) is 2.25. The molecule has 0 bridgehead atoms. The molecule has 0 radical (unpaired) electrons. The second-order valence-corrected chi connectivity index (χ2v) is 10.9. The highest BCUT2D eigenvalue weighted by molar-refractivity contribution is 14.1. The summed E-state index contributed by atoms with van der Waals surface area (Å²) in [6, 6.07) is 6.46. The van der Waals surface area contributed by atoms with E-state index < -0.39 is 19.3 Å². The molecule has 0 saturated heterocycles. The summed E-state index contributed by atoms with van der Waals surface area (Å²) in [4.78, 5) is 0. The van der Waals surface area contributed by atoms with E-state index in [1.165, 1.54) is 0 Å². The quantitative estimate of drug-likeness (QED) is 0.407. The van der Waals surface area contributed by atoms with Crippen LogP contribution < -0.4 is 0 Å². The fourth-order valence-electron chi connectivity index (χ4n) is 0.941. The minimum atomic E-state index is -2.22. The van der Waals surface area contributed by atoms with E-state index in [1.807, 2.05) is 13.1 Å². The third kappa shape index (κ3) is 4.37. The Balaban J connectivity index is 3.04. The molecule has 1 nitrogen and oxygen atoms in total. The van der Waals surface area contributed by atoms with Crippen LogP contribution in [0.1, 0.15) is 37.4 Å². The van der Waals surface area contributed by atoms with E-state index in [9.17, 15) is 0 Å². The SMILES string of the molecule is [2H]C([2H])(I)c1ccc(C([2H])([2H])O[Si](C)(C)C(C)(C)C)cc1. The molecule has 0 unspecified atom stereocenters. The summed E-state index contributed by atoms with van der Waals surface area (Å²) < 4.78 is 36.2. The number of benzene rings is 1. The maximum atomic E-state index is 8.21. The Morgan fingerprint density at radius 3 is 2.06 bits per heavy atom. The first kappa shape index (κ1) is 9.98. The van der Waals surface area contributed by atoms with Crippen molar-refractivity contribution < 1.29 is 9.91 Å². The van der Waals surface area contributed by atoms with E-state index >= 15 is 0 Å². The fourth-order valence-corrected chi connectivity index (χ4v) is 1.98. The van der Waals surface area contributed by atoms with Gasteiger partial charge in [0, 0.05) is 7.12 Å². The predicted molar refractivity (Wildman–Crippen MR) is 86.2 cm³/mol. The molecule has 3 heteroatoms. The Hall–Kier alpha value is 0.127. The molecule has 0 atom stereocenters. The summed E-state index contributed by atoms with van der Waals surface area (Å²) in [5.74, 6) is 0. The minimum Gasteiger partial charge on any atom is -0.413 e. The Morgan fingerprint density at radius 2 is 1.65 bits per heavy atom. The molecule has 0 aliphatic carbocycles. The topological polar surface area (TPSA) is 9.23 Å². The summed E-state index contributed by atoms with van der Waals surface area (Å²) in [6.07, 6.45) is 0. The number of hydrogen-bond donors (Lipinski definition) is 0. The zero-order valence-corrected chi connectivity index (χ0v) is 14.3. The van der Waals surface area contributed by atoms with Crippen LogP contribution in [0.25, 0.3) is 0 Å². The van der Waals surface area contributed by atoms with Crippen molar-refractivity contribution >= 4 is 30.9 Å². The normalized spacial score (nSPS) is 18.0. The molecule has 0 aliphatic rings. The molecular formula is C14H23IOSi. The first-order valence-electron chi connectivity index (χ1n) is 7.67. The van der Waals surface area contributed by atoms with Crippen molar-refractivity contribution in [2.24, 2.45) is 0 Å². The van der Waals surface area contributed by atoms with Gasteiger partial charge in [-0.1, -0.05) is 67.6 Å². The summed E-state index contributed by atoms with van der Waals surface area (Å²) in [6.45, 7) is 8.39. The van der Waals surface area contributed by atoms with Crippen LogP contribution in [-0.2, 0) is 15.4 Å². The summed E-state index contributed by atoms with van der Waals surface area (Å²) in [7, 11) is -2.22. The van der Waals surface area contributed by atoms with Crippen LogP contribution >= 0.6 is 22.6 Å². The number of hydrogen-bond acceptors (Lipinski definition) is 1. The monoisotopic (exact) mass is 366 g/mol. The standard InChI is InChI=1S/C14H23IOSi/c1-14(2,3)17(4,5)16-11-13-8-6-12(10-15)7-9-13/h6-9H,10-11H2,1-5H3/i10D2,11D2. The van der Waals surface area contributed by atoms with Crippen molar-refractivity contribution in [1.29, 1.82) is 0 Å². The maximum absolute atomic E-state index is 8.21. The van der Waals surface area contributed by atoms with Crippen molar-refractivity contribution in [3.63, 3.8) is 0 Å². The second kappa shape index (κ2) is 5.84. The van der Waals surface area contributed by atoms with Crippen molar-refractivity contribution in [2.75, 3.05) is 0 Å². The highest BCUT2D eigenvalue weighted by Crippen LogP contribution is 2.37. The first-order chi connectivity index (χ1) is 9.17. The molecule has 96 valence electrons. The summed E-state index contributed by atoms with van der Waals surface area (Å²) >= 11 is 1.72. The van der Waals surface area contributed by atoms with E-state index in [1.54, 1.807) is 46.9 Å². The van der Waals surface area contributed by atoms with Gasteiger partial charge in [0.15, 0.2) is 8.32 Å². The molecule has 0 fully saturated rings. The maximum Gasteiger partial charge on any atom is 0.192 e. The lowest BCUT2D eigenvalue weighted by Gasteiger charge is -2.36. The van der Waals surface area contributed by atoms with E-state index in [4.69, 9.17) is 9.91 Å². The minimum absolute atomic E-state index is 0.0694. The lowest BCUT2D eigenvalue weighted by Crippen LogP contribution is -2.40. The fraction of sp³-hybridized carbons (Fsp3) is 0.571. The van der Waals surface area contributed by atoms with E-state index in [0.29, 0.717) is 11.1 Å². The van der Waals surface area contributed by atoms with Gasteiger partial charge in [0.1, 0.15) is 0 Å². The second-order valence-electron chi connectivity index (χ2n) is 5.64. The number of rotatable bonds is 4. The van der Waals surface area contributed by atoms with Crippen LogP contribution in [0, 0.1) is 0 Å². The van der Waals surface area contributed by atoms with Crippen molar-refractivity contribution in [3.05, 3.63) is 35.4 Å². The van der Waals surface area contributed by atoms with Gasteiger partial charge in [-0.15, -0.1) is 0 Å². The van der Waals surface area contributed by atoms with Crippen LogP contribution in [0.5, 0.6) is 0 Å². The largest absolute Gasteiger partial charge is 0.413 e. The highest BCUT2D eigenvalue weighted by atomic mass is 127. The van der Waals surface area contributed by atoms with Gasteiger partial charge >= 0.3 is 0 Å².